The summed E-state index contributed by atoms with van der Waals surface area (Å²) in [5.74, 6) is -1.57. The van der Waals surface area contributed by atoms with Crippen molar-refractivity contribution in [2.24, 2.45) is 10.9 Å². The minimum Gasteiger partial charge on any atom is -0.497 e. The van der Waals surface area contributed by atoms with E-state index in [1.165, 1.54) is 12.1 Å². The Morgan fingerprint density at radius 3 is 2.51 bits per heavy atom. The van der Waals surface area contributed by atoms with Crippen molar-refractivity contribution in [3.63, 3.8) is 0 Å². The van der Waals surface area contributed by atoms with Gasteiger partial charge in [-0.2, -0.15) is 0 Å². The zero-order valence-corrected chi connectivity index (χ0v) is 22.3. The molecule has 0 spiro atoms. The molecular weight excluding hydrogens is 504 g/mol. The summed E-state index contributed by atoms with van der Waals surface area (Å²) in [6.45, 7) is 5.31. The molecule has 10 nitrogen and oxygen atoms in total. The fourth-order valence-corrected chi connectivity index (χ4v) is 5.52. The number of rotatable bonds is 7. The number of ether oxygens (including phenoxy) is 4. The number of nitro benzene ring substituents is 1. The maximum Gasteiger partial charge on any atom is 0.315 e. The summed E-state index contributed by atoms with van der Waals surface area (Å²) in [5.41, 5.74) is 2.22. The molecule has 0 fully saturated rings. The van der Waals surface area contributed by atoms with Gasteiger partial charge in [0.1, 0.15) is 11.7 Å². The molecule has 0 aromatic heterocycles. The normalized spacial score (nSPS) is 22.6. The van der Waals surface area contributed by atoms with Crippen LogP contribution in [0.4, 0.5) is 5.69 Å². The number of benzene rings is 2. The predicted molar refractivity (Wildman–Crippen MR) is 141 cm³/mol. The van der Waals surface area contributed by atoms with Gasteiger partial charge >= 0.3 is 5.97 Å². The van der Waals surface area contributed by atoms with Crippen molar-refractivity contribution in [1.29, 1.82) is 0 Å². The lowest BCUT2D eigenvalue weighted by atomic mass is 9.69. The third-order valence-electron chi connectivity index (χ3n) is 7.68. The van der Waals surface area contributed by atoms with Crippen LogP contribution in [0.5, 0.6) is 17.2 Å². The first-order valence-corrected chi connectivity index (χ1v) is 13.0. The topological polar surface area (TPSA) is 127 Å². The van der Waals surface area contributed by atoms with Crippen molar-refractivity contribution in [2.75, 3.05) is 13.9 Å². The largest absolute Gasteiger partial charge is 0.497 e. The first-order valence-electron chi connectivity index (χ1n) is 13.0. The van der Waals surface area contributed by atoms with E-state index in [2.05, 4.69) is 0 Å². The Morgan fingerprint density at radius 1 is 1.18 bits per heavy atom. The molecule has 0 N–H and O–H groups in total. The van der Waals surface area contributed by atoms with E-state index in [1.807, 2.05) is 31.2 Å². The summed E-state index contributed by atoms with van der Waals surface area (Å²) in [7, 11) is 1.59. The second-order valence-corrected chi connectivity index (χ2v) is 10.0. The van der Waals surface area contributed by atoms with Crippen LogP contribution in [0.2, 0.25) is 0 Å². The van der Waals surface area contributed by atoms with Gasteiger partial charge in [-0.3, -0.25) is 24.7 Å². The highest BCUT2D eigenvalue weighted by Gasteiger charge is 2.47. The molecule has 2 aromatic rings. The van der Waals surface area contributed by atoms with Gasteiger partial charge in [0.25, 0.3) is 5.69 Å². The van der Waals surface area contributed by atoms with Gasteiger partial charge in [-0.1, -0.05) is 19.1 Å². The first-order chi connectivity index (χ1) is 18.7. The molecule has 2 heterocycles. The van der Waals surface area contributed by atoms with Crippen LogP contribution in [0.1, 0.15) is 63.0 Å². The van der Waals surface area contributed by atoms with Gasteiger partial charge in [0.2, 0.25) is 6.79 Å². The van der Waals surface area contributed by atoms with Crippen LogP contribution < -0.4 is 14.2 Å². The minimum atomic E-state index is -1.00. The monoisotopic (exact) mass is 534 g/mol. The molecule has 0 saturated carbocycles. The summed E-state index contributed by atoms with van der Waals surface area (Å²) >= 11 is 0. The quantitative estimate of drug-likeness (QED) is 0.268. The van der Waals surface area contributed by atoms with E-state index in [1.54, 1.807) is 21.0 Å². The molecule has 0 saturated heterocycles. The molecule has 10 heteroatoms. The fraction of sp³-hybridized carbons (Fsp3) is 0.414. The second kappa shape index (κ2) is 10.5. The molecule has 2 aliphatic heterocycles. The number of nitrogens with zero attached hydrogens (tertiary/aromatic N) is 2. The Morgan fingerprint density at radius 2 is 1.87 bits per heavy atom. The van der Waals surface area contributed by atoms with Crippen molar-refractivity contribution in [1.82, 2.24) is 0 Å². The van der Waals surface area contributed by atoms with Crippen LogP contribution in [0.25, 0.3) is 0 Å². The van der Waals surface area contributed by atoms with Crippen molar-refractivity contribution in [3.8, 4) is 17.2 Å². The lowest BCUT2D eigenvalue weighted by Gasteiger charge is -2.36. The molecule has 204 valence electrons. The molecule has 4 atom stereocenters. The fourth-order valence-electron chi connectivity index (χ4n) is 5.52. The van der Waals surface area contributed by atoms with E-state index < -0.39 is 22.7 Å². The SMILES string of the molecule is CC[C@@H](C)OC(=O)C1C(C)=NC2=C(C(=O)C[C@H](c3ccc(OC)cc3)C2)[C@H]1c1cc2c(cc1[N+](=O)[O-])OCO2. The first kappa shape index (κ1) is 26.4. The van der Waals surface area contributed by atoms with Gasteiger partial charge in [0.05, 0.1) is 24.2 Å². The molecule has 1 aliphatic carbocycles. The number of Topliss-reactive ketones (excluding diaryl/α,β-unsaturated/α-hetero) is 1. The molecular formula is C29H30N2O8. The van der Waals surface area contributed by atoms with E-state index in [-0.39, 0.29) is 48.0 Å². The van der Waals surface area contributed by atoms with Crippen LogP contribution in [-0.4, -0.2) is 42.4 Å². The molecule has 39 heavy (non-hydrogen) atoms. The van der Waals surface area contributed by atoms with Crippen molar-refractivity contribution >= 4 is 23.2 Å². The molecule has 0 amide bonds. The average molecular weight is 535 g/mol. The lowest BCUT2D eigenvalue weighted by Crippen LogP contribution is -2.39. The van der Waals surface area contributed by atoms with Gasteiger partial charge in [0.15, 0.2) is 17.3 Å². The number of carbonyl (C=O) groups excluding carboxylic acids is 2. The molecule has 0 bridgehead atoms. The molecule has 3 aliphatic rings. The van der Waals surface area contributed by atoms with Crippen LogP contribution in [0.15, 0.2) is 52.7 Å². The van der Waals surface area contributed by atoms with E-state index in [4.69, 9.17) is 23.9 Å². The van der Waals surface area contributed by atoms with Crippen molar-refractivity contribution in [2.45, 2.75) is 58.0 Å². The minimum absolute atomic E-state index is 0.0724. The summed E-state index contributed by atoms with van der Waals surface area (Å²) in [4.78, 5) is 43.8. The van der Waals surface area contributed by atoms with E-state index >= 15 is 0 Å². The van der Waals surface area contributed by atoms with Crippen LogP contribution in [-0.2, 0) is 14.3 Å². The number of fused-ring (bicyclic) bond motifs is 1. The standard InChI is InChI=1S/C29H30N2O8/c1-5-15(2)39-29(33)26-16(3)30-21-10-18(17-6-8-19(36-4)9-7-17)11-23(32)28(21)27(26)20-12-24-25(38-14-37-24)13-22(20)31(34)35/h6-9,12-13,15,18,26-27H,5,10-11,14H2,1-4H3/t15-,18-,26?,27+/m1/s1. The Hall–Kier alpha value is -4.21. The zero-order chi connectivity index (χ0) is 27.8. The highest BCUT2D eigenvalue weighted by atomic mass is 16.7. The second-order valence-electron chi connectivity index (χ2n) is 10.0. The van der Waals surface area contributed by atoms with Gasteiger partial charge in [-0.25, -0.2) is 0 Å². The van der Waals surface area contributed by atoms with Gasteiger partial charge in [-0.15, -0.1) is 0 Å². The summed E-state index contributed by atoms with van der Waals surface area (Å²) in [6.07, 6.45) is 0.864. The number of methoxy groups -OCH3 is 1. The number of aliphatic imine (C=N–C) groups is 1. The average Bonchev–Trinajstić information content (AvgIpc) is 3.39. The van der Waals surface area contributed by atoms with Crippen LogP contribution in [0.3, 0.4) is 0 Å². The summed E-state index contributed by atoms with van der Waals surface area (Å²) in [5, 5.41) is 12.2. The number of hydrogen-bond acceptors (Lipinski definition) is 9. The third-order valence-corrected chi connectivity index (χ3v) is 7.68. The maximum absolute atomic E-state index is 13.9. The van der Waals surface area contributed by atoms with Crippen LogP contribution in [0, 0.1) is 16.0 Å². The zero-order valence-electron chi connectivity index (χ0n) is 22.3. The van der Waals surface area contributed by atoms with Crippen molar-refractivity contribution in [3.05, 3.63) is 68.9 Å². The molecule has 5 rings (SSSR count). The highest BCUT2D eigenvalue weighted by molar-refractivity contribution is 6.09. The van der Waals surface area contributed by atoms with Crippen LogP contribution >= 0.6 is 0 Å². The molecule has 2 aromatic carbocycles. The van der Waals surface area contributed by atoms with Gasteiger partial charge < -0.3 is 18.9 Å². The Bertz CT molecular complexity index is 1390. The highest BCUT2D eigenvalue weighted by Crippen LogP contribution is 2.51. The number of ketones is 1. The number of carbonyl (C=O) groups is 2. The van der Waals surface area contributed by atoms with E-state index in [0.717, 1.165) is 5.56 Å². The summed E-state index contributed by atoms with van der Waals surface area (Å²) < 4.78 is 21.8. The Labute approximate surface area is 225 Å². The number of hydrogen-bond donors (Lipinski definition) is 0. The van der Waals surface area contributed by atoms with Crippen molar-refractivity contribution < 1.29 is 33.5 Å². The number of allylic oxidation sites excluding steroid dienone is 2. The molecule has 1 unspecified atom stereocenters. The van der Waals surface area contributed by atoms with E-state index in [9.17, 15) is 19.7 Å². The number of nitro groups is 1. The molecule has 0 radical (unpaired) electrons. The van der Waals surface area contributed by atoms with Gasteiger partial charge in [0, 0.05) is 34.9 Å². The predicted octanol–water partition coefficient (Wildman–Crippen LogP) is 5.25. The number of esters is 1. The lowest BCUT2D eigenvalue weighted by molar-refractivity contribution is -0.385. The van der Waals surface area contributed by atoms with E-state index in [0.29, 0.717) is 41.3 Å². The third kappa shape index (κ3) is 4.86. The van der Waals surface area contributed by atoms with Gasteiger partial charge in [-0.05, 0) is 56.4 Å². The maximum atomic E-state index is 13.9. The Kier molecular flexibility index (Phi) is 7.12. The summed E-state index contributed by atoms with van der Waals surface area (Å²) in [6, 6.07) is 10.4. The smallest absolute Gasteiger partial charge is 0.315 e. The Balaban J connectivity index is 1.64.